The van der Waals surface area contributed by atoms with Crippen LogP contribution in [0.15, 0.2) is 75.2 Å². The number of aliphatic carboxylic acids is 1. The smallest absolute Gasteiger partial charge is 0.413 e. The van der Waals surface area contributed by atoms with Crippen molar-refractivity contribution in [1.82, 2.24) is 15.2 Å². The summed E-state index contributed by atoms with van der Waals surface area (Å²) in [4.78, 5) is 61.8. The summed E-state index contributed by atoms with van der Waals surface area (Å²) in [5.74, 6) is -1.99. The number of rotatable bonds is 11. The minimum Gasteiger partial charge on any atom is -0.477 e. The molecule has 0 radical (unpaired) electrons. The number of anilines is 1. The summed E-state index contributed by atoms with van der Waals surface area (Å²) < 4.78 is 5.19. The molecule has 3 aromatic rings. The summed E-state index contributed by atoms with van der Waals surface area (Å²) in [6.45, 7) is 0.0606. The first-order valence-corrected chi connectivity index (χ1v) is 16.7. The molecule has 5 rings (SSSR count). The van der Waals surface area contributed by atoms with Crippen molar-refractivity contribution in [1.29, 1.82) is 0 Å². The quantitative estimate of drug-likeness (QED) is 0.106. The molecule has 12 nitrogen and oxygen atoms in total. The van der Waals surface area contributed by atoms with Crippen LogP contribution in [0.4, 0.5) is 9.93 Å². The third-order valence-corrected chi connectivity index (χ3v) is 10.3. The van der Waals surface area contributed by atoms with E-state index < -0.39 is 35.3 Å². The van der Waals surface area contributed by atoms with Crippen LogP contribution in [0.5, 0.6) is 0 Å². The zero-order chi connectivity index (χ0) is 32.1. The fourth-order valence-electron chi connectivity index (χ4n) is 4.34. The lowest BCUT2D eigenvalue weighted by molar-refractivity contribution is -0.150. The summed E-state index contributed by atoms with van der Waals surface area (Å²) in [5.41, 5.74) is 1.08. The van der Waals surface area contributed by atoms with Gasteiger partial charge in [0, 0.05) is 26.8 Å². The lowest BCUT2D eigenvalue weighted by Gasteiger charge is -2.49. The third-order valence-electron chi connectivity index (χ3n) is 6.40. The molecule has 2 aromatic carbocycles. The van der Waals surface area contributed by atoms with E-state index in [4.69, 9.17) is 32.8 Å². The Balaban J connectivity index is 1.22. The van der Waals surface area contributed by atoms with Crippen LogP contribution in [0.2, 0.25) is 10.0 Å². The Hall–Kier alpha value is -3.76. The second-order valence-electron chi connectivity index (χ2n) is 9.33. The van der Waals surface area contributed by atoms with Gasteiger partial charge in [-0.15, -0.1) is 34.9 Å². The minimum atomic E-state index is -1.25. The molecule has 3 amide bonds. The first kappa shape index (κ1) is 32.6. The molecule has 0 saturated carbocycles. The molecular weight excluding hydrogens is 685 g/mol. The number of nitrogens with zero attached hydrogens (tertiary/aromatic N) is 3. The summed E-state index contributed by atoms with van der Waals surface area (Å²) in [7, 11) is 1.24. The Kier molecular flexibility index (Phi) is 10.6. The van der Waals surface area contributed by atoms with Crippen molar-refractivity contribution in [2.75, 3.05) is 23.9 Å². The maximum atomic E-state index is 13.2. The van der Waals surface area contributed by atoms with Crippen LogP contribution in [-0.2, 0) is 30.6 Å². The number of β-lactam (4-membered cyclic amide) rings is 1. The zero-order valence-electron chi connectivity index (χ0n) is 23.2. The molecular formula is C28H23Cl2N5O7S3. The second-order valence-corrected chi connectivity index (χ2v) is 13.2. The molecule has 1 saturated heterocycles. The molecule has 1 unspecified atom stereocenters. The normalized spacial score (nSPS) is 17.7. The largest absolute Gasteiger partial charge is 0.477 e. The number of benzene rings is 2. The van der Waals surface area contributed by atoms with Crippen LogP contribution in [0.3, 0.4) is 0 Å². The second kappa shape index (κ2) is 14.6. The molecule has 0 bridgehead atoms. The van der Waals surface area contributed by atoms with Gasteiger partial charge in [0.25, 0.3) is 11.8 Å². The topological polar surface area (TPSA) is 160 Å². The van der Waals surface area contributed by atoms with E-state index >= 15 is 0 Å². The number of ether oxygens (including phenoxy) is 1. The average molecular weight is 709 g/mol. The van der Waals surface area contributed by atoms with Crippen molar-refractivity contribution in [2.45, 2.75) is 22.9 Å². The summed E-state index contributed by atoms with van der Waals surface area (Å²) in [6, 6.07) is 13.1. The Bertz CT molecular complexity index is 1700. The van der Waals surface area contributed by atoms with Crippen LogP contribution >= 0.6 is 58.1 Å². The van der Waals surface area contributed by atoms with Crippen molar-refractivity contribution < 1.29 is 33.9 Å². The highest BCUT2D eigenvalue weighted by atomic mass is 35.5. The van der Waals surface area contributed by atoms with Gasteiger partial charge >= 0.3 is 12.1 Å². The number of oxime groups is 1. The van der Waals surface area contributed by atoms with E-state index in [0.29, 0.717) is 21.4 Å². The van der Waals surface area contributed by atoms with Crippen molar-refractivity contribution >= 4 is 92.8 Å². The minimum absolute atomic E-state index is 0.0606. The van der Waals surface area contributed by atoms with Crippen molar-refractivity contribution in [3.63, 3.8) is 0 Å². The van der Waals surface area contributed by atoms with Gasteiger partial charge in [-0.05, 0) is 29.3 Å². The van der Waals surface area contributed by atoms with E-state index in [-0.39, 0.29) is 34.6 Å². The lowest BCUT2D eigenvalue weighted by Crippen LogP contribution is -2.71. The standard InChI is InChI=1S/C28H23Cl2N5O7S3/c1-41-34-20(18-13-45-27(31-18)33-28(40)42-10-14-5-3-2-4-6-14)23(36)32-21-24(37)35-22(26(38)39)15(12-44-25(21)35)11-43-19-8-7-16(29)9-17(19)30/h2-9,13,21,25H,10-12H2,1H3,(H,32,36)(H,38,39)(H,31,33,40)/t21?,25-/m0/s1. The fourth-order valence-corrected chi connectivity index (χ4v) is 8.00. The van der Waals surface area contributed by atoms with Crippen LogP contribution in [-0.4, -0.2) is 74.6 Å². The molecule has 2 atom stereocenters. The molecule has 17 heteroatoms. The molecule has 3 N–H and O–H groups in total. The number of nitrogens with one attached hydrogen (secondary N) is 2. The van der Waals surface area contributed by atoms with Gasteiger partial charge in [0.2, 0.25) is 0 Å². The maximum absolute atomic E-state index is 13.2. The number of carboxylic acid groups (broad SMARTS) is 1. The van der Waals surface area contributed by atoms with Gasteiger partial charge in [-0.1, -0.05) is 58.7 Å². The van der Waals surface area contributed by atoms with Crippen molar-refractivity contribution in [2.24, 2.45) is 5.16 Å². The summed E-state index contributed by atoms with van der Waals surface area (Å²) in [6.07, 6.45) is -0.736. The average Bonchev–Trinajstić information content (AvgIpc) is 3.48. The lowest BCUT2D eigenvalue weighted by atomic mass is 10.0. The van der Waals surface area contributed by atoms with E-state index in [1.165, 1.54) is 40.9 Å². The van der Waals surface area contributed by atoms with E-state index in [1.54, 1.807) is 18.2 Å². The molecule has 3 heterocycles. The first-order valence-electron chi connectivity index (χ1n) is 13.0. The summed E-state index contributed by atoms with van der Waals surface area (Å²) >= 11 is 15.9. The molecule has 234 valence electrons. The number of hydrogen-bond acceptors (Lipinski definition) is 11. The van der Waals surface area contributed by atoms with Gasteiger partial charge in [-0.2, -0.15) is 0 Å². The van der Waals surface area contributed by atoms with Crippen molar-refractivity contribution in [3.8, 4) is 0 Å². The van der Waals surface area contributed by atoms with E-state index in [2.05, 4.69) is 20.8 Å². The third kappa shape index (κ3) is 7.56. The molecule has 45 heavy (non-hydrogen) atoms. The SMILES string of the molecule is CON=C(C(=O)NC1C(=O)N2C(C(=O)O)=C(CSc3ccc(Cl)cc3Cl)CS[C@@H]12)c1csc(NC(=O)OCc2ccccc2)n1. The molecule has 0 aliphatic carbocycles. The molecule has 2 aliphatic rings. The number of carboxylic acids is 1. The number of amides is 3. The number of thiazole rings is 1. The Morgan fingerprint density at radius 1 is 1.20 bits per heavy atom. The van der Waals surface area contributed by atoms with Gasteiger partial charge in [0.15, 0.2) is 10.8 Å². The van der Waals surface area contributed by atoms with Crippen LogP contribution in [0, 0.1) is 0 Å². The molecule has 1 fully saturated rings. The number of fused-ring (bicyclic) bond motifs is 1. The van der Waals surface area contributed by atoms with E-state index in [9.17, 15) is 24.3 Å². The number of hydrogen-bond donors (Lipinski definition) is 3. The van der Waals surface area contributed by atoms with Crippen LogP contribution < -0.4 is 10.6 Å². The van der Waals surface area contributed by atoms with Crippen LogP contribution in [0.25, 0.3) is 0 Å². The highest BCUT2D eigenvalue weighted by molar-refractivity contribution is 8.01. The number of aromatic nitrogens is 1. The maximum Gasteiger partial charge on any atom is 0.413 e. The number of thioether (sulfide) groups is 2. The van der Waals surface area contributed by atoms with Crippen LogP contribution in [0.1, 0.15) is 11.3 Å². The number of carbonyl (C=O) groups is 4. The van der Waals surface area contributed by atoms with Gasteiger partial charge in [-0.3, -0.25) is 19.8 Å². The molecule has 1 aromatic heterocycles. The van der Waals surface area contributed by atoms with Crippen molar-refractivity contribution in [3.05, 3.63) is 86.5 Å². The van der Waals surface area contributed by atoms with Gasteiger partial charge in [0.05, 0.1) is 5.02 Å². The highest BCUT2D eigenvalue weighted by Gasteiger charge is 2.54. The first-order chi connectivity index (χ1) is 21.7. The zero-order valence-corrected chi connectivity index (χ0v) is 27.2. The summed E-state index contributed by atoms with van der Waals surface area (Å²) in [5, 5.41) is 20.8. The fraction of sp³-hybridized carbons (Fsp3) is 0.214. The van der Waals surface area contributed by atoms with E-state index in [1.807, 2.05) is 30.3 Å². The van der Waals surface area contributed by atoms with Gasteiger partial charge in [-0.25, -0.2) is 14.6 Å². The highest BCUT2D eigenvalue weighted by Crippen LogP contribution is 2.42. The van der Waals surface area contributed by atoms with Gasteiger partial charge in [0.1, 0.15) is 36.5 Å². The predicted octanol–water partition coefficient (Wildman–Crippen LogP) is 5.08. The number of halogens is 2. The van der Waals surface area contributed by atoms with E-state index in [0.717, 1.165) is 21.8 Å². The monoisotopic (exact) mass is 707 g/mol. The molecule has 0 spiro atoms. The molecule has 2 aliphatic heterocycles. The Morgan fingerprint density at radius 3 is 2.69 bits per heavy atom. The number of carbonyl (C=O) groups excluding carboxylic acids is 3. The Labute approximate surface area is 279 Å². The van der Waals surface area contributed by atoms with Gasteiger partial charge < -0.3 is 20.0 Å². The Morgan fingerprint density at radius 2 is 1.98 bits per heavy atom. The predicted molar refractivity (Wildman–Crippen MR) is 173 cm³/mol.